The van der Waals surface area contributed by atoms with E-state index in [0.717, 1.165) is 48.0 Å². The van der Waals surface area contributed by atoms with Crippen LogP contribution in [0.25, 0.3) is 11.4 Å². The largest absolute Gasteiger partial charge is 0.311 e. The summed E-state index contributed by atoms with van der Waals surface area (Å²) in [6, 6.07) is 12.5. The predicted octanol–water partition coefficient (Wildman–Crippen LogP) is 4.68. The van der Waals surface area contributed by atoms with Crippen molar-refractivity contribution in [3.63, 3.8) is 0 Å². The van der Waals surface area contributed by atoms with Gasteiger partial charge in [0.15, 0.2) is 11.0 Å². The van der Waals surface area contributed by atoms with Crippen molar-refractivity contribution in [2.45, 2.75) is 47.5 Å². The third kappa shape index (κ3) is 3.98. The van der Waals surface area contributed by atoms with Crippen LogP contribution in [0, 0.1) is 0 Å². The quantitative estimate of drug-likeness (QED) is 0.540. The molecule has 154 valence electrons. The number of hydrogen-bond donors (Lipinski definition) is 0. The third-order valence-electron chi connectivity index (χ3n) is 5.37. The third-order valence-corrected chi connectivity index (χ3v) is 7.53. The standard InChI is InChI=1S/C22H23N5OS2/c1-15-10-12-26(18-6-2-3-7-19(18)30-15)20(28)14-29-22-25-24-21(27(22)17-8-9-17)16-5-4-11-23-13-16/h2-7,11,13,15,17H,8-10,12,14H2,1H3/t15-/m0/s1. The number of nitrogens with zero attached hydrogens (tertiary/aromatic N) is 5. The molecule has 1 aliphatic heterocycles. The number of para-hydroxylation sites is 1. The van der Waals surface area contributed by atoms with Gasteiger partial charge in [-0.05, 0) is 43.5 Å². The van der Waals surface area contributed by atoms with E-state index < -0.39 is 0 Å². The molecular formula is C22H23N5OS2. The van der Waals surface area contributed by atoms with Crippen molar-refractivity contribution in [3.8, 4) is 11.4 Å². The van der Waals surface area contributed by atoms with Gasteiger partial charge in [-0.2, -0.15) is 0 Å². The van der Waals surface area contributed by atoms with Crippen LogP contribution in [0.3, 0.4) is 0 Å². The zero-order chi connectivity index (χ0) is 20.5. The summed E-state index contributed by atoms with van der Waals surface area (Å²) in [4.78, 5) is 20.5. The van der Waals surface area contributed by atoms with Gasteiger partial charge < -0.3 is 4.90 Å². The van der Waals surface area contributed by atoms with E-state index in [1.807, 2.05) is 47.1 Å². The Morgan fingerprint density at radius 2 is 2.03 bits per heavy atom. The molecule has 1 amide bonds. The highest BCUT2D eigenvalue weighted by Gasteiger charge is 2.31. The lowest BCUT2D eigenvalue weighted by Gasteiger charge is -2.22. The van der Waals surface area contributed by atoms with Gasteiger partial charge in [-0.15, -0.1) is 22.0 Å². The fourth-order valence-corrected chi connectivity index (χ4v) is 5.67. The molecule has 0 saturated heterocycles. The minimum atomic E-state index is 0.121. The van der Waals surface area contributed by atoms with E-state index in [1.54, 1.807) is 6.20 Å². The van der Waals surface area contributed by atoms with E-state index in [9.17, 15) is 4.79 Å². The van der Waals surface area contributed by atoms with Gasteiger partial charge in [-0.3, -0.25) is 14.3 Å². The second-order valence-electron chi connectivity index (χ2n) is 7.67. The van der Waals surface area contributed by atoms with E-state index in [4.69, 9.17) is 0 Å². The summed E-state index contributed by atoms with van der Waals surface area (Å²) in [6.07, 6.45) is 6.81. The number of hydrogen-bond acceptors (Lipinski definition) is 6. The second kappa shape index (κ2) is 8.43. The number of aromatic nitrogens is 4. The second-order valence-corrected chi connectivity index (χ2v) is 10.1. The van der Waals surface area contributed by atoms with Crippen LogP contribution in [-0.2, 0) is 4.79 Å². The average molecular weight is 438 g/mol. The van der Waals surface area contributed by atoms with Crippen LogP contribution >= 0.6 is 23.5 Å². The molecular weight excluding hydrogens is 414 g/mol. The maximum Gasteiger partial charge on any atom is 0.237 e. The van der Waals surface area contributed by atoms with Crippen molar-refractivity contribution >= 4 is 35.1 Å². The van der Waals surface area contributed by atoms with Crippen molar-refractivity contribution in [1.82, 2.24) is 19.7 Å². The highest BCUT2D eigenvalue weighted by atomic mass is 32.2. The number of rotatable bonds is 5. The molecule has 1 fully saturated rings. The molecule has 1 saturated carbocycles. The monoisotopic (exact) mass is 437 g/mol. The normalized spacial score (nSPS) is 18.7. The fraction of sp³-hybridized carbons (Fsp3) is 0.364. The zero-order valence-corrected chi connectivity index (χ0v) is 18.4. The van der Waals surface area contributed by atoms with Gasteiger partial charge in [0.05, 0.1) is 11.4 Å². The van der Waals surface area contributed by atoms with Crippen LogP contribution in [0.4, 0.5) is 5.69 Å². The number of fused-ring (bicyclic) bond motifs is 1. The van der Waals surface area contributed by atoms with Gasteiger partial charge in [0.2, 0.25) is 5.91 Å². The predicted molar refractivity (Wildman–Crippen MR) is 121 cm³/mol. The van der Waals surface area contributed by atoms with Gasteiger partial charge in [-0.25, -0.2) is 0 Å². The smallest absolute Gasteiger partial charge is 0.237 e. The van der Waals surface area contributed by atoms with Crippen molar-refractivity contribution in [1.29, 1.82) is 0 Å². The maximum absolute atomic E-state index is 13.2. The number of pyridine rings is 1. The first-order chi connectivity index (χ1) is 14.7. The van der Waals surface area contributed by atoms with Crippen LogP contribution in [-0.4, -0.2) is 43.2 Å². The molecule has 0 bridgehead atoms. The number of anilines is 1. The topological polar surface area (TPSA) is 63.9 Å². The Morgan fingerprint density at radius 1 is 1.17 bits per heavy atom. The molecule has 3 heterocycles. The lowest BCUT2D eigenvalue weighted by Crippen LogP contribution is -2.33. The van der Waals surface area contributed by atoms with Gasteiger partial charge >= 0.3 is 0 Å². The Labute approximate surface area is 184 Å². The van der Waals surface area contributed by atoms with E-state index in [2.05, 4.69) is 38.8 Å². The Bertz CT molecular complexity index is 1050. The van der Waals surface area contributed by atoms with E-state index >= 15 is 0 Å². The van der Waals surface area contributed by atoms with Gasteiger partial charge in [0.25, 0.3) is 0 Å². The average Bonchev–Trinajstić information content (AvgIpc) is 3.55. The Balaban J connectivity index is 1.36. The molecule has 0 N–H and O–H groups in total. The molecule has 0 spiro atoms. The SMILES string of the molecule is C[C@H]1CCN(C(=O)CSc2nnc(-c3cccnc3)n2C2CC2)c2ccccc2S1. The highest BCUT2D eigenvalue weighted by Crippen LogP contribution is 2.41. The van der Waals surface area contributed by atoms with E-state index in [0.29, 0.717) is 17.0 Å². The molecule has 0 radical (unpaired) electrons. The molecule has 6 nitrogen and oxygen atoms in total. The zero-order valence-electron chi connectivity index (χ0n) is 16.8. The Kier molecular flexibility index (Phi) is 5.52. The molecule has 1 aromatic carbocycles. The summed E-state index contributed by atoms with van der Waals surface area (Å²) in [5.74, 6) is 1.31. The van der Waals surface area contributed by atoms with Crippen LogP contribution in [0.15, 0.2) is 58.8 Å². The highest BCUT2D eigenvalue weighted by molar-refractivity contribution is 8.00. The van der Waals surface area contributed by atoms with Crippen molar-refractivity contribution < 1.29 is 4.79 Å². The first-order valence-corrected chi connectivity index (χ1v) is 12.1. The molecule has 3 aromatic rings. The molecule has 2 aromatic heterocycles. The Hall–Kier alpha value is -2.32. The molecule has 1 aliphatic carbocycles. The van der Waals surface area contributed by atoms with Crippen molar-refractivity contribution in [2.24, 2.45) is 0 Å². The lowest BCUT2D eigenvalue weighted by molar-refractivity contribution is -0.116. The number of thioether (sulfide) groups is 2. The first kappa shape index (κ1) is 19.6. The van der Waals surface area contributed by atoms with Crippen molar-refractivity contribution in [3.05, 3.63) is 48.8 Å². The summed E-state index contributed by atoms with van der Waals surface area (Å²) in [5, 5.41) is 10.2. The van der Waals surface area contributed by atoms with Crippen LogP contribution < -0.4 is 4.90 Å². The number of amides is 1. The lowest BCUT2D eigenvalue weighted by atomic mass is 10.2. The van der Waals surface area contributed by atoms with Gasteiger partial charge in [0, 0.05) is 40.7 Å². The Morgan fingerprint density at radius 3 is 2.83 bits per heavy atom. The minimum absolute atomic E-state index is 0.121. The summed E-state index contributed by atoms with van der Waals surface area (Å²) >= 11 is 3.34. The van der Waals surface area contributed by atoms with Crippen LogP contribution in [0.1, 0.15) is 32.2 Å². The summed E-state index contributed by atoms with van der Waals surface area (Å²) in [6.45, 7) is 2.98. The van der Waals surface area contributed by atoms with E-state index in [-0.39, 0.29) is 5.91 Å². The number of carbonyl (C=O) groups is 1. The molecule has 5 rings (SSSR count). The molecule has 8 heteroatoms. The van der Waals surface area contributed by atoms with Crippen LogP contribution in [0.2, 0.25) is 0 Å². The van der Waals surface area contributed by atoms with Crippen LogP contribution in [0.5, 0.6) is 0 Å². The maximum atomic E-state index is 13.2. The fourth-order valence-electron chi connectivity index (χ4n) is 3.68. The summed E-state index contributed by atoms with van der Waals surface area (Å²) in [7, 11) is 0. The summed E-state index contributed by atoms with van der Waals surface area (Å²) < 4.78 is 2.18. The first-order valence-electron chi connectivity index (χ1n) is 10.2. The minimum Gasteiger partial charge on any atom is -0.311 e. The molecule has 0 unspecified atom stereocenters. The molecule has 30 heavy (non-hydrogen) atoms. The van der Waals surface area contributed by atoms with E-state index in [1.165, 1.54) is 16.7 Å². The number of benzene rings is 1. The summed E-state index contributed by atoms with van der Waals surface area (Å²) in [5.41, 5.74) is 1.99. The van der Waals surface area contributed by atoms with Gasteiger partial charge in [-0.1, -0.05) is 30.8 Å². The number of carbonyl (C=O) groups excluding carboxylic acids is 1. The molecule has 1 atom stereocenters. The van der Waals surface area contributed by atoms with Crippen molar-refractivity contribution in [2.75, 3.05) is 17.2 Å². The molecule has 2 aliphatic rings. The van der Waals surface area contributed by atoms with Gasteiger partial charge in [0.1, 0.15) is 0 Å².